The second kappa shape index (κ2) is 6.46. The van der Waals surface area contributed by atoms with Crippen LogP contribution in [0.2, 0.25) is 10.0 Å². The van der Waals surface area contributed by atoms with Crippen LogP contribution in [-0.4, -0.2) is 20.4 Å². The predicted molar refractivity (Wildman–Crippen MR) is 97.7 cm³/mol. The summed E-state index contributed by atoms with van der Waals surface area (Å²) in [6.45, 7) is 1.56. The molecule has 3 amide bonds. The van der Waals surface area contributed by atoms with Crippen molar-refractivity contribution in [1.29, 1.82) is 0 Å². The summed E-state index contributed by atoms with van der Waals surface area (Å²) in [7, 11) is -3.86. The SMILES string of the molecule is C[C@]1(c2ccc(NS(=O)(=O)c3ccc(Cl)c(Cl)c3)cc2)NC(=O)NC1=O. The van der Waals surface area contributed by atoms with Crippen LogP contribution in [0.15, 0.2) is 47.4 Å². The molecular formula is C16H13Cl2N3O4S. The number of imide groups is 1. The number of amides is 3. The first-order valence-electron chi connectivity index (χ1n) is 7.34. The highest BCUT2D eigenvalue weighted by atomic mass is 35.5. The first-order valence-corrected chi connectivity index (χ1v) is 9.58. The van der Waals surface area contributed by atoms with Gasteiger partial charge in [0, 0.05) is 5.69 Å². The second-order valence-electron chi connectivity index (χ2n) is 5.79. The number of carbonyl (C=O) groups is 2. The first kappa shape index (κ1) is 18.5. The fourth-order valence-electron chi connectivity index (χ4n) is 2.48. The number of benzene rings is 2. The van der Waals surface area contributed by atoms with Gasteiger partial charge in [-0.25, -0.2) is 13.2 Å². The summed E-state index contributed by atoms with van der Waals surface area (Å²) in [4.78, 5) is 23.2. The van der Waals surface area contributed by atoms with Crippen molar-refractivity contribution in [2.24, 2.45) is 0 Å². The lowest BCUT2D eigenvalue weighted by atomic mass is 9.92. The molecule has 7 nitrogen and oxygen atoms in total. The van der Waals surface area contributed by atoms with Crippen LogP contribution in [-0.2, 0) is 20.4 Å². The topological polar surface area (TPSA) is 104 Å². The van der Waals surface area contributed by atoms with E-state index in [9.17, 15) is 18.0 Å². The van der Waals surface area contributed by atoms with Crippen LogP contribution in [0.1, 0.15) is 12.5 Å². The molecule has 10 heteroatoms. The van der Waals surface area contributed by atoms with Crippen molar-refractivity contribution in [3.05, 3.63) is 58.1 Å². The van der Waals surface area contributed by atoms with E-state index < -0.39 is 27.5 Å². The van der Waals surface area contributed by atoms with Gasteiger partial charge in [-0.15, -0.1) is 0 Å². The number of hydrogen-bond acceptors (Lipinski definition) is 4. The van der Waals surface area contributed by atoms with Gasteiger partial charge in [-0.05, 0) is 42.8 Å². The highest BCUT2D eigenvalue weighted by molar-refractivity contribution is 7.92. The lowest BCUT2D eigenvalue weighted by Crippen LogP contribution is -2.40. The molecule has 1 aliphatic rings. The maximum Gasteiger partial charge on any atom is 0.322 e. The summed E-state index contributed by atoms with van der Waals surface area (Å²) in [6.07, 6.45) is 0. The van der Waals surface area contributed by atoms with Crippen molar-refractivity contribution in [1.82, 2.24) is 10.6 Å². The van der Waals surface area contributed by atoms with E-state index in [1.807, 2.05) is 0 Å². The zero-order valence-electron chi connectivity index (χ0n) is 13.3. The predicted octanol–water partition coefficient (Wildman–Crippen LogP) is 2.85. The van der Waals surface area contributed by atoms with Crippen LogP contribution < -0.4 is 15.4 Å². The quantitative estimate of drug-likeness (QED) is 0.670. The van der Waals surface area contributed by atoms with E-state index >= 15 is 0 Å². The lowest BCUT2D eigenvalue weighted by Gasteiger charge is -2.21. The minimum Gasteiger partial charge on any atom is -0.320 e. The van der Waals surface area contributed by atoms with E-state index in [2.05, 4.69) is 15.4 Å². The molecule has 1 aliphatic heterocycles. The Bertz CT molecular complexity index is 1010. The maximum atomic E-state index is 12.4. The molecule has 1 saturated heterocycles. The monoisotopic (exact) mass is 413 g/mol. The number of urea groups is 1. The molecule has 136 valence electrons. The third kappa shape index (κ3) is 3.35. The molecule has 0 unspecified atom stereocenters. The Labute approximate surface area is 159 Å². The van der Waals surface area contributed by atoms with E-state index in [0.717, 1.165) is 0 Å². The Kier molecular flexibility index (Phi) is 4.60. The molecule has 0 radical (unpaired) electrons. The first-order chi connectivity index (χ1) is 12.1. The molecule has 1 atom stereocenters. The second-order valence-corrected chi connectivity index (χ2v) is 8.29. The smallest absolute Gasteiger partial charge is 0.320 e. The number of rotatable bonds is 4. The molecule has 0 aromatic heterocycles. The Morgan fingerprint density at radius 3 is 2.19 bits per heavy atom. The standard InChI is InChI=1S/C16H13Cl2N3O4S/c1-16(14(22)19-15(23)20-16)9-2-4-10(5-3-9)21-26(24,25)11-6-7-12(17)13(18)8-11/h2-8,21H,1H3,(H2,19,20,22,23)/t16-/m1/s1. The van der Waals surface area contributed by atoms with Crippen molar-refractivity contribution in [2.75, 3.05) is 4.72 Å². The minimum atomic E-state index is -3.86. The number of nitrogens with one attached hydrogen (secondary N) is 3. The molecule has 0 aliphatic carbocycles. The molecule has 26 heavy (non-hydrogen) atoms. The molecule has 0 saturated carbocycles. The van der Waals surface area contributed by atoms with Gasteiger partial charge in [0.1, 0.15) is 5.54 Å². The van der Waals surface area contributed by atoms with Gasteiger partial charge >= 0.3 is 6.03 Å². The molecule has 1 heterocycles. The Morgan fingerprint density at radius 2 is 1.65 bits per heavy atom. The van der Waals surface area contributed by atoms with Gasteiger partial charge < -0.3 is 5.32 Å². The summed E-state index contributed by atoms with van der Waals surface area (Å²) in [6, 6.07) is 9.49. The van der Waals surface area contributed by atoms with Gasteiger partial charge in [0.05, 0.1) is 14.9 Å². The third-order valence-corrected chi connectivity index (χ3v) is 6.08. The van der Waals surface area contributed by atoms with E-state index in [1.165, 1.54) is 30.3 Å². The van der Waals surface area contributed by atoms with Crippen LogP contribution in [0, 0.1) is 0 Å². The Hall–Kier alpha value is -2.29. The molecular weight excluding hydrogens is 401 g/mol. The van der Waals surface area contributed by atoms with Gasteiger partial charge in [-0.2, -0.15) is 0 Å². The molecule has 2 aromatic carbocycles. The Morgan fingerprint density at radius 1 is 1.00 bits per heavy atom. The molecule has 0 spiro atoms. The van der Waals surface area contributed by atoms with Crippen molar-refractivity contribution in [3.8, 4) is 0 Å². The van der Waals surface area contributed by atoms with Crippen molar-refractivity contribution >= 4 is 50.9 Å². The lowest BCUT2D eigenvalue weighted by molar-refractivity contribution is -0.123. The fraction of sp³-hybridized carbons (Fsp3) is 0.125. The number of hydrogen-bond donors (Lipinski definition) is 3. The normalized spacial score (nSPS) is 19.8. The Balaban J connectivity index is 1.84. The molecule has 0 bridgehead atoms. The van der Waals surface area contributed by atoms with Crippen LogP contribution in [0.3, 0.4) is 0 Å². The zero-order valence-corrected chi connectivity index (χ0v) is 15.7. The maximum absolute atomic E-state index is 12.4. The molecule has 3 rings (SSSR count). The summed E-state index contributed by atoms with van der Waals surface area (Å²) >= 11 is 11.7. The molecule has 1 fully saturated rings. The van der Waals surface area contributed by atoms with E-state index in [4.69, 9.17) is 23.2 Å². The van der Waals surface area contributed by atoms with Crippen LogP contribution in [0.5, 0.6) is 0 Å². The number of anilines is 1. The van der Waals surface area contributed by atoms with Crippen LogP contribution in [0.4, 0.5) is 10.5 Å². The number of halogens is 2. The van der Waals surface area contributed by atoms with Crippen molar-refractivity contribution < 1.29 is 18.0 Å². The summed E-state index contributed by atoms with van der Waals surface area (Å²) in [5.41, 5.74) is -0.412. The summed E-state index contributed by atoms with van der Waals surface area (Å²) in [5.74, 6) is -0.480. The van der Waals surface area contributed by atoms with Gasteiger partial charge in [0.25, 0.3) is 15.9 Å². The average molecular weight is 414 g/mol. The fourth-order valence-corrected chi connectivity index (χ4v) is 3.92. The average Bonchev–Trinajstić information content (AvgIpc) is 2.83. The van der Waals surface area contributed by atoms with Gasteiger partial charge in [-0.1, -0.05) is 35.3 Å². The minimum absolute atomic E-state index is 0.0367. The van der Waals surface area contributed by atoms with Crippen molar-refractivity contribution in [2.45, 2.75) is 17.4 Å². The molecule has 3 N–H and O–H groups in total. The van der Waals surface area contributed by atoms with Gasteiger partial charge in [0.2, 0.25) is 0 Å². The highest BCUT2D eigenvalue weighted by Crippen LogP contribution is 2.28. The summed E-state index contributed by atoms with van der Waals surface area (Å²) in [5, 5.41) is 5.08. The molecule has 2 aromatic rings. The highest BCUT2D eigenvalue weighted by Gasteiger charge is 2.43. The zero-order chi connectivity index (χ0) is 19.1. The third-order valence-electron chi connectivity index (χ3n) is 3.96. The van der Waals surface area contributed by atoms with Gasteiger partial charge in [0.15, 0.2) is 0 Å². The number of sulfonamides is 1. The van der Waals surface area contributed by atoms with Crippen LogP contribution >= 0.6 is 23.2 Å². The van der Waals surface area contributed by atoms with Gasteiger partial charge in [-0.3, -0.25) is 14.8 Å². The van der Waals surface area contributed by atoms with E-state index in [1.54, 1.807) is 19.1 Å². The number of carbonyl (C=O) groups excluding carboxylic acids is 2. The van der Waals surface area contributed by atoms with E-state index in [0.29, 0.717) is 5.56 Å². The van der Waals surface area contributed by atoms with Crippen molar-refractivity contribution in [3.63, 3.8) is 0 Å². The van der Waals surface area contributed by atoms with Crippen LogP contribution in [0.25, 0.3) is 0 Å². The largest absolute Gasteiger partial charge is 0.322 e. The summed E-state index contributed by atoms with van der Waals surface area (Å²) < 4.78 is 27.3. The van der Waals surface area contributed by atoms with E-state index in [-0.39, 0.29) is 20.6 Å².